The number of benzene rings is 1. The molecule has 0 spiro atoms. The highest BCUT2D eigenvalue weighted by molar-refractivity contribution is 8.06. The fourth-order valence-corrected chi connectivity index (χ4v) is 4.68. The number of fused-ring (bicyclic) bond motifs is 1. The van der Waals surface area contributed by atoms with Gasteiger partial charge in [-0.1, -0.05) is 61.9 Å². The lowest BCUT2D eigenvalue weighted by atomic mass is 10.0. The summed E-state index contributed by atoms with van der Waals surface area (Å²) in [5.74, 6) is 0.957. The zero-order chi connectivity index (χ0) is 20.5. The minimum atomic E-state index is 0.750. The quantitative estimate of drug-likeness (QED) is 0.478. The molecule has 1 fully saturated rings. The molecule has 1 saturated heterocycles. The van der Waals surface area contributed by atoms with Gasteiger partial charge in [0.2, 0.25) is 0 Å². The Labute approximate surface area is 182 Å². The molecule has 0 amide bonds. The van der Waals surface area contributed by atoms with Crippen molar-refractivity contribution in [3.63, 3.8) is 0 Å². The van der Waals surface area contributed by atoms with Gasteiger partial charge in [-0.05, 0) is 83.1 Å². The standard InChI is InChI=1S/C14H16ClNS.C10H21N/c1-3-16(2)17-14-10-6-9-13(15)11-7-4-5-8-12(11)14;1-9(2)11-7-4-5-10(3)6-8-11/h4-5,7-10H,3,6H2,1-2H3;9-10H,4-8H2,1-3H3. The Morgan fingerprint density at radius 1 is 1.14 bits per heavy atom. The number of nitrogens with zero attached hydrogens (tertiary/aromatic N) is 2. The predicted molar refractivity (Wildman–Crippen MR) is 128 cm³/mol. The largest absolute Gasteiger partial charge is 0.301 e. The van der Waals surface area contributed by atoms with Gasteiger partial charge < -0.3 is 4.90 Å². The SMILES string of the molecule is CC1CCCN(C(C)C)CC1.CCN(C)SC1=CCC=C(Cl)c2ccccc21. The van der Waals surface area contributed by atoms with Gasteiger partial charge in [-0.2, -0.15) is 0 Å². The second-order valence-electron chi connectivity index (χ2n) is 8.10. The summed E-state index contributed by atoms with van der Waals surface area (Å²) >= 11 is 8.07. The van der Waals surface area contributed by atoms with Crippen LogP contribution in [0.3, 0.4) is 0 Å². The monoisotopic (exact) mass is 420 g/mol. The van der Waals surface area contributed by atoms with Crippen molar-refractivity contribution >= 4 is 33.5 Å². The first-order chi connectivity index (χ1) is 13.4. The number of hydrogen-bond donors (Lipinski definition) is 0. The van der Waals surface area contributed by atoms with Crippen LogP contribution in [0.5, 0.6) is 0 Å². The Balaban J connectivity index is 0.000000221. The van der Waals surface area contributed by atoms with E-state index in [9.17, 15) is 0 Å². The molecule has 2 aliphatic rings. The number of hydrogen-bond acceptors (Lipinski definition) is 3. The molecule has 156 valence electrons. The number of allylic oxidation sites excluding steroid dienone is 2. The molecule has 0 bridgehead atoms. The van der Waals surface area contributed by atoms with E-state index in [1.807, 2.05) is 6.07 Å². The Hall–Kier alpha value is -0.740. The van der Waals surface area contributed by atoms with E-state index in [-0.39, 0.29) is 0 Å². The average molecular weight is 421 g/mol. The first-order valence-electron chi connectivity index (χ1n) is 10.7. The maximum atomic E-state index is 6.29. The lowest BCUT2D eigenvalue weighted by Gasteiger charge is -2.24. The fourth-order valence-electron chi connectivity index (χ4n) is 3.52. The van der Waals surface area contributed by atoms with Crippen LogP contribution in [0.1, 0.15) is 64.5 Å². The van der Waals surface area contributed by atoms with Crippen LogP contribution in [0, 0.1) is 5.92 Å². The molecule has 28 heavy (non-hydrogen) atoms. The van der Waals surface area contributed by atoms with Crippen LogP contribution < -0.4 is 0 Å². The van der Waals surface area contributed by atoms with Crippen LogP contribution in [-0.4, -0.2) is 41.9 Å². The lowest BCUT2D eigenvalue weighted by molar-refractivity contribution is 0.228. The highest BCUT2D eigenvalue weighted by Crippen LogP contribution is 2.38. The van der Waals surface area contributed by atoms with E-state index in [4.69, 9.17) is 11.6 Å². The molecule has 1 atom stereocenters. The third-order valence-corrected chi connectivity index (χ3v) is 7.04. The molecule has 1 unspecified atom stereocenters. The number of halogens is 1. The Bertz CT molecular complexity index is 668. The van der Waals surface area contributed by atoms with E-state index < -0.39 is 0 Å². The van der Waals surface area contributed by atoms with Crippen molar-refractivity contribution in [2.75, 3.05) is 26.7 Å². The van der Waals surface area contributed by atoms with Crippen molar-refractivity contribution in [2.24, 2.45) is 5.92 Å². The minimum Gasteiger partial charge on any atom is -0.301 e. The van der Waals surface area contributed by atoms with Crippen molar-refractivity contribution in [3.05, 3.63) is 47.5 Å². The summed E-state index contributed by atoms with van der Waals surface area (Å²) in [6.07, 6.45) is 9.44. The van der Waals surface area contributed by atoms with Crippen LogP contribution in [0.4, 0.5) is 0 Å². The molecule has 4 heteroatoms. The molecule has 3 rings (SSSR count). The average Bonchev–Trinajstić information content (AvgIpc) is 3.00. The molecule has 1 aliphatic carbocycles. The molecule has 1 heterocycles. The molecule has 1 aromatic rings. The van der Waals surface area contributed by atoms with Gasteiger partial charge in [-0.3, -0.25) is 0 Å². The van der Waals surface area contributed by atoms with Gasteiger partial charge in [0, 0.05) is 28.1 Å². The summed E-state index contributed by atoms with van der Waals surface area (Å²) in [6.45, 7) is 12.8. The Morgan fingerprint density at radius 2 is 1.86 bits per heavy atom. The maximum absolute atomic E-state index is 6.29. The second kappa shape index (κ2) is 12.1. The summed E-state index contributed by atoms with van der Waals surface area (Å²) in [5.41, 5.74) is 2.37. The van der Waals surface area contributed by atoms with Crippen LogP contribution in [0.2, 0.25) is 0 Å². The molecule has 1 aromatic carbocycles. The molecule has 0 radical (unpaired) electrons. The van der Waals surface area contributed by atoms with Crippen LogP contribution in [-0.2, 0) is 0 Å². The number of likely N-dealkylation sites (tertiary alicyclic amines) is 1. The van der Waals surface area contributed by atoms with Gasteiger partial charge in [0.1, 0.15) is 0 Å². The van der Waals surface area contributed by atoms with E-state index in [1.54, 1.807) is 11.9 Å². The molecular weight excluding hydrogens is 384 g/mol. The highest BCUT2D eigenvalue weighted by atomic mass is 35.5. The van der Waals surface area contributed by atoms with E-state index in [2.05, 4.69) is 74.3 Å². The summed E-state index contributed by atoms with van der Waals surface area (Å²) < 4.78 is 2.22. The van der Waals surface area contributed by atoms with Gasteiger partial charge in [-0.15, -0.1) is 0 Å². The summed E-state index contributed by atoms with van der Waals surface area (Å²) in [4.78, 5) is 3.89. The van der Waals surface area contributed by atoms with Crippen LogP contribution >= 0.6 is 23.5 Å². The topological polar surface area (TPSA) is 6.48 Å². The van der Waals surface area contributed by atoms with Crippen molar-refractivity contribution in [2.45, 2.75) is 59.4 Å². The van der Waals surface area contributed by atoms with Crippen molar-refractivity contribution in [1.82, 2.24) is 9.21 Å². The third-order valence-electron chi connectivity index (χ3n) is 5.53. The van der Waals surface area contributed by atoms with Crippen LogP contribution in [0.15, 0.2) is 36.4 Å². The smallest absolute Gasteiger partial charge is 0.0448 e. The zero-order valence-electron chi connectivity index (χ0n) is 18.2. The van der Waals surface area contributed by atoms with Crippen molar-refractivity contribution in [1.29, 1.82) is 0 Å². The second-order valence-corrected chi connectivity index (χ2v) is 9.76. The van der Waals surface area contributed by atoms with E-state index in [0.29, 0.717) is 0 Å². The Morgan fingerprint density at radius 3 is 2.54 bits per heavy atom. The molecule has 0 N–H and O–H groups in total. The van der Waals surface area contributed by atoms with Gasteiger partial charge in [0.25, 0.3) is 0 Å². The van der Waals surface area contributed by atoms with Crippen molar-refractivity contribution in [3.8, 4) is 0 Å². The van der Waals surface area contributed by atoms with E-state index in [1.165, 1.54) is 42.8 Å². The predicted octanol–water partition coefficient (Wildman–Crippen LogP) is 7.13. The molecular formula is C24H37ClN2S. The van der Waals surface area contributed by atoms with Gasteiger partial charge in [0.05, 0.1) is 0 Å². The first kappa shape index (κ1) is 23.5. The van der Waals surface area contributed by atoms with Crippen molar-refractivity contribution < 1.29 is 0 Å². The van der Waals surface area contributed by atoms with Gasteiger partial charge in [-0.25, -0.2) is 4.31 Å². The van der Waals surface area contributed by atoms with Crippen LogP contribution in [0.25, 0.3) is 9.94 Å². The third kappa shape index (κ3) is 7.26. The first-order valence-corrected chi connectivity index (χ1v) is 11.9. The van der Waals surface area contributed by atoms with E-state index in [0.717, 1.165) is 35.5 Å². The fraction of sp³-hybridized carbons (Fsp3) is 0.583. The van der Waals surface area contributed by atoms with E-state index >= 15 is 0 Å². The highest BCUT2D eigenvalue weighted by Gasteiger charge is 2.15. The minimum absolute atomic E-state index is 0.750. The molecule has 0 aromatic heterocycles. The summed E-state index contributed by atoms with van der Waals surface area (Å²) in [6, 6.07) is 9.07. The van der Waals surface area contributed by atoms with Gasteiger partial charge in [0.15, 0.2) is 0 Å². The normalized spacial score (nSPS) is 20.5. The molecule has 1 aliphatic heterocycles. The van der Waals surface area contributed by atoms with Gasteiger partial charge >= 0.3 is 0 Å². The molecule has 0 saturated carbocycles. The maximum Gasteiger partial charge on any atom is 0.0448 e. The Kier molecular flexibility index (Phi) is 10.1. The lowest BCUT2D eigenvalue weighted by Crippen LogP contribution is -2.31. The number of rotatable bonds is 4. The summed E-state index contributed by atoms with van der Waals surface area (Å²) in [7, 11) is 2.11. The molecule has 2 nitrogen and oxygen atoms in total. The zero-order valence-corrected chi connectivity index (χ0v) is 19.8. The summed E-state index contributed by atoms with van der Waals surface area (Å²) in [5, 5.41) is 0.853.